The van der Waals surface area contributed by atoms with E-state index in [1.807, 2.05) is 0 Å². The summed E-state index contributed by atoms with van der Waals surface area (Å²) in [6.07, 6.45) is 0.494. The van der Waals surface area contributed by atoms with Crippen molar-refractivity contribution < 1.29 is 37.3 Å². The van der Waals surface area contributed by atoms with Gasteiger partial charge in [-0.2, -0.15) is 5.10 Å². The second kappa shape index (κ2) is 10.2. The highest BCUT2D eigenvalue weighted by Gasteiger charge is 2.39. The van der Waals surface area contributed by atoms with Gasteiger partial charge >= 0.3 is 6.36 Å². The molecule has 39 heavy (non-hydrogen) atoms. The number of likely N-dealkylation sites (tertiary alicyclic amines) is 1. The van der Waals surface area contributed by atoms with Crippen LogP contribution in [0.2, 0.25) is 0 Å². The van der Waals surface area contributed by atoms with Gasteiger partial charge in [0.25, 0.3) is 11.5 Å². The van der Waals surface area contributed by atoms with E-state index in [4.69, 9.17) is 4.74 Å². The number of hydrogen-bond acceptors (Lipinski definition) is 7. The number of piperidine rings is 1. The Morgan fingerprint density at radius 1 is 1.13 bits per heavy atom. The minimum Gasteiger partial charge on any atom is -0.484 e. The predicted molar refractivity (Wildman–Crippen MR) is 130 cm³/mol. The van der Waals surface area contributed by atoms with Crippen molar-refractivity contribution in [2.75, 3.05) is 25.0 Å². The molecule has 2 fully saturated rings. The number of benzene rings is 1. The third-order valence-electron chi connectivity index (χ3n) is 6.70. The van der Waals surface area contributed by atoms with E-state index in [0.29, 0.717) is 25.9 Å². The summed E-state index contributed by atoms with van der Waals surface area (Å²) in [7, 11) is 0. The third kappa shape index (κ3) is 6.50. The van der Waals surface area contributed by atoms with Crippen LogP contribution in [0, 0.1) is 5.92 Å². The molecule has 0 spiro atoms. The molecule has 3 heterocycles. The largest absolute Gasteiger partial charge is 0.573 e. The van der Waals surface area contributed by atoms with Crippen LogP contribution in [0.5, 0.6) is 11.5 Å². The van der Waals surface area contributed by atoms with E-state index >= 15 is 0 Å². The van der Waals surface area contributed by atoms with Crippen molar-refractivity contribution in [2.45, 2.75) is 44.2 Å². The van der Waals surface area contributed by atoms with Crippen molar-refractivity contribution in [1.29, 1.82) is 0 Å². The van der Waals surface area contributed by atoms with E-state index in [1.165, 1.54) is 39.8 Å². The van der Waals surface area contributed by atoms with Gasteiger partial charge in [0.15, 0.2) is 6.61 Å². The monoisotopic (exact) mass is 549 g/mol. The Labute approximate surface area is 219 Å². The van der Waals surface area contributed by atoms with Crippen LogP contribution in [0.25, 0.3) is 5.52 Å². The van der Waals surface area contributed by atoms with Crippen molar-refractivity contribution in [3.05, 3.63) is 53.2 Å². The molecule has 0 atom stereocenters. The zero-order chi connectivity index (χ0) is 27.8. The standard InChI is InChI=1S/C25H26F3N5O6/c26-25(27,28)39-19-5-3-18(4-6-19)38-13-21(34)30-17-11-20-23(36)32(15-29-33(20)12-17)14-24(37)7-9-31(10-8-24)22(35)16-1-2-16/h3-6,11-12,15-16,37H,1-2,7-10,13-14H2,(H,30,34). The first-order chi connectivity index (χ1) is 18.5. The molecule has 1 saturated heterocycles. The summed E-state index contributed by atoms with van der Waals surface area (Å²) < 4.78 is 48.4. The lowest BCUT2D eigenvalue weighted by molar-refractivity contribution is -0.274. The minimum absolute atomic E-state index is 0.0221. The molecule has 0 radical (unpaired) electrons. The number of nitrogens with one attached hydrogen (secondary N) is 1. The van der Waals surface area contributed by atoms with Gasteiger partial charge in [0, 0.05) is 19.0 Å². The molecule has 2 aromatic heterocycles. The molecule has 2 amide bonds. The van der Waals surface area contributed by atoms with Gasteiger partial charge in [-0.3, -0.25) is 19.0 Å². The van der Waals surface area contributed by atoms with Gasteiger partial charge < -0.3 is 24.8 Å². The van der Waals surface area contributed by atoms with E-state index < -0.39 is 35.8 Å². The van der Waals surface area contributed by atoms with Crippen molar-refractivity contribution in [3.63, 3.8) is 0 Å². The zero-order valence-corrected chi connectivity index (χ0v) is 20.7. The van der Waals surface area contributed by atoms with Crippen molar-refractivity contribution >= 4 is 23.0 Å². The van der Waals surface area contributed by atoms with Crippen LogP contribution < -0.4 is 20.3 Å². The lowest BCUT2D eigenvalue weighted by Gasteiger charge is -2.38. The molecular formula is C25H26F3N5O6. The number of hydrogen-bond donors (Lipinski definition) is 2. The highest BCUT2D eigenvalue weighted by Crippen LogP contribution is 2.33. The molecule has 2 N–H and O–H groups in total. The summed E-state index contributed by atoms with van der Waals surface area (Å²) in [6.45, 7) is 0.459. The molecule has 1 saturated carbocycles. The number of aromatic nitrogens is 3. The predicted octanol–water partition coefficient (Wildman–Crippen LogP) is 2.18. The molecule has 11 nitrogen and oxygen atoms in total. The Morgan fingerprint density at radius 2 is 1.79 bits per heavy atom. The maximum absolute atomic E-state index is 13.0. The summed E-state index contributed by atoms with van der Waals surface area (Å²) >= 11 is 0. The first kappa shape index (κ1) is 26.5. The fraction of sp³-hybridized carbons (Fsp3) is 0.440. The number of carbonyl (C=O) groups excluding carboxylic acids is 2. The van der Waals surface area contributed by atoms with Crippen molar-refractivity contribution in [1.82, 2.24) is 19.1 Å². The van der Waals surface area contributed by atoms with E-state index in [1.54, 1.807) is 4.90 Å². The van der Waals surface area contributed by atoms with Crippen LogP contribution in [-0.2, 0) is 16.1 Å². The number of rotatable bonds is 8. The van der Waals surface area contributed by atoms with E-state index in [2.05, 4.69) is 15.2 Å². The average Bonchev–Trinajstić information content (AvgIpc) is 3.65. The number of halogens is 3. The SMILES string of the molecule is O=C(COc1ccc(OC(F)(F)F)cc1)Nc1cc2c(=O)n(CC3(O)CCN(C(=O)C4CC4)CC3)cnn2c1. The van der Waals surface area contributed by atoms with Crippen molar-refractivity contribution in [3.8, 4) is 11.5 Å². The first-order valence-corrected chi connectivity index (χ1v) is 12.4. The molecule has 1 aliphatic carbocycles. The highest BCUT2D eigenvalue weighted by atomic mass is 19.4. The van der Waals surface area contributed by atoms with Gasteiger partial charge in [-0.05, 0) is 56.0 Å². The maximum Gasteiger partial charge on any atom is 0.573 e. The number of aliphatic hydroxyl groups is 1. The second-order valence-electron chi connectivity index (χ2n) is 9.80. The van der Waals surface area contributed by atoms with Crippen LogP contribution in [0.4, 0.5) is 18.9 Å². The average molecular weight is 550 g/mol. The molecule has 0 bridgehead atoms. The van der Waals surface area contributed by atoms with Gasteiger partial charge in [-0.15, -0.1) is 13.2 Å². The van der Waals surface area contributed by atoms with Crippen LogP contribution in [0.15, 0.2) is 47.7 Å². The third-order valence-corrected chi connectivity index (χ3v) is 6.70. The van der Waals surface area contributed by atoms with E-state index in [-0.39, 0.29) is 35.3 Å². The van der Waals surface area contributed by atoms with Gasteiger partial charge in [0.2, 0.25) is 5.91 Å². The van der Waals surface area contributed by atoms with Crippen LogP contribution >= 0.6 is 0 Å². The smallest absolute Gasteiger partial charge is 0.484 e. The van der Waals surface area contributed by atoms with Gasteiger partial charge in [-0.1, -0.05) is 0 Å². The number of fused-ring (bicyclic) bond motifs is 1. The topological polar surface area (TPSA) is 127 Å². The molecule has 208 valence electrons. The molecule has 2 aliphatic rings. The highest BCUT2D eigenvalue weighted by molar-refractivity contribution is 5.92. The lowest BCUT2D eigenvalue weighted by Crippen LogP contribution is -2.50. The fourth-order valence-corrected chi connectivity index (χ4v) is 4.50. The number of carbonyl (C=O) groups is 2. The Bertz CT molecular complexity index is 1420. The summed E-state index contributed by atoms with van der Waals surface area (Å²) in [5, 5.41) is 17.8. The number of anilines is 1. The number of amides is 2. The maximum atomic E-state index is 13.0. The summed E-state index contributed by atoms with van der Waals surface area (Å²) in [5.41, 5.74) is -1.10. The second-order valence-corrected chi connectivity index (χ2v) is 9.80. The van der Waals surface area contributed by atoms with Crippen LogP contribution in [-0.4, -0.2) is 67.7 Å². The molecule has 3 aromatic rings. The summed E-state index contributed by atoms with van der Waals surface area (Å²) in [4.78, 5) is 39.4. The lowest BCUT2D eigenvalue weighted by atomic mass is 9.91. The normalized spacial score (nSPS) is 17.2. The Kier molecular flexibility index (Phi) is 6.97. The molecule has 0 unspecified atom stereocenters. The van der Waals surface area contributed by atoms with E-state index in [9.17, 15) is 32.7 Å². The molecule has 14 heteroatoms. The number of nitrogens with zero attached hydrogens (tertiary/aromatic N) is 4. The Hall–Kier alpha value is -4.07. The number of ether oxygens (including phenoxy) is 2. The fourth-order valence-electron chi connectivity index (χ4n) is 4.50. The minimum atomic E-state index is -4.81. The van der Waals surface area contributed by atoms with Crippen molar-refractivity contribution in [2.24, 2.45) is 5.92 Å². The summed E-state index contributed by atoms with van der Waals surface area (Å²) in [5.74, 6) is -0.567. The Balaban J connectivity index is 1.17. The summed E-state index contributed by atoms with van der Waals surface area (Å²) in [6, 6.07) is 6.03. The van der Waals surface area contributed by atoms with Crippen LogP contribution in [0.1, 0.15) is 25.7 Å². The zero-order valence-electron chi connectivity index (χ0n) is 20.7. The molecular weight excluding hydrogens is 523 g/mol. The molecule has 5 rings (SSSR count). The van der Waals surface area contributed by atoms with Gasteiger partial charge in [-0.25, -0.2) is 4.52 Å². The van der Waals surface area contributed by atoms with Gasteiger partial charge in [0.1, 0.15) is 23.3 Å². The van der Waals surface area contributed by atoms with E-state index in [0.717, 1.165) is 25.0 Å². The molecule has 1 aromatic carbocycles. The van der Waals surface area contributed by atoms with Crippen LogP contribution in [0.3, 0.4) is 0 Å². The Morgan fingerprint density at radius 3 is 2.44 bits per heavy atom. The van der Waals surface area contributed by atoms with Gasteiger partial charge in [0.05, 0.1) is 24.0 Å². The first-order valence-electron chi connectivity index (χ1n) is 12.4. The number of alkyl halides is 3. The quantitative estimate of drug-likeness (QED) is 0.441. The molecule has 1 aliphatic heterocycles.